The summed E-state index contributed by atoms with van der Waals surface area (Å²) < 4.78 is 10.6. The summed E-state index contributed by atoms with van der Waals surface area (Å²) in [6, 6.07) is 10.6. The Kier molecular flexibility index (Phi) is 5.87. The van der Waals surface area contributed by atoms with E-state index in [-0.39, 0.29) is 23.9 Å². The molecule has 142 valence electrons. The molecule has 1 aromatic heterocycles. The molecule has 5 N–H and O–H groups in total. The molecule has 0 unspecified atom stereocenters. The maximum atomic E-state index is 12.5. The predicted molar refractivity (Wildman–Crippen MR) is 103 cm³/mol. The zero-order chi connectivity index (χ0) is 19.2. The largest absolute Gasteiger partial charge is 0.481 e. The Bertz CT molecular complexity index is 806. The molecule has 1 fully saturated rings. The average Bonchev–Trinajstić information content (AvgIpc) is 3.21. The lowest BCUT2D eigenvalue weighted by molar-refractivity contribution is 0.0815. The van der Waals surface area contributed by atoms with Gasteiger partial charge in [-0.25, -0.2) is 9.78 Å². The summed E-state index contributed by atoms with van der Waals surface area (Å²) in [4.78, 5) is 16.6. The number of aromatic nitrogens is 1. The van der Waals surface area contributed by atoms with E-state index in [1.807, 2.05) is 30.3 Å². The van der Waals surface area contributed by atoms with E-state index in [0.717, 1.165) is 18.4 Å². The van der Waals surface area contributed by atoms with Gasteiger partial charge in [-0.2, -0.15) is 0 Å². The number of benzene rings is 1. The lowest BCUT2D eigenvalue weighted by atomic mass is 9.99. The van der Waals surface area contributed by atoms with Gasteiger partial charge in [0, 0.05) is 24.6 Å². The number of pyridine rings is 1. The first-order valence-electron chi connectivity index (χ1n) is 8.71. The molecule has 0 aliphatic carbocycles. The van der Waals surface area contributed by atoms with Crippen molar-refractivity contribution < 1.29 is 14.3 Å². The van der Waals surface area contributed by atoms with Gasteiger partial charge in [-0.05, 0) is 18.4 Å². The van der Waals surface area contributed by atoms with E-state index in [1.54, 1.807) is 0 Å². The van der Waals surface area contributed by atoms with Crippen molar-refractivity contribution in [2.75, 3.05) is 24.8 Å². The molecule has 1 aliphatic heterocycles. The number of nitrogen functional groups attached to an aromatic ring is 1. The molecule has 0 saturated carbocycles. The molecule has 1 aliphatic rings. The van der Waals surface area contributed by atoms with Crippen LogP contribution in [0.2, 0.25) is 0 Å². The fourth-order valence-electron chi connectivity index (χ4n) is 3.05. The van der Waals surface area contributed by atoms with Gasteiger partial charge in [0.25, 0.3) is 0 Å². The van der Waals surface area contributed by atoms with Crippen LogP contribution in [0, 0.1) is 5.41 Å². The maximum Gasteiger partial charge on any atom is 0.320 e. The van der Waals surface area contributed by atoms with E-state index in [2.05, 4.69) is 15.6 Å². The number of nitrogens with two attached hydrogens (primary N) is 1. The van der Waals surface area contributed by atoms with Crippen LogP contribution in [0.15, 0.2) is 42.6 Å². The first-order chi connectivity index (χ1) is 13.1. The number of nitrogens with zero attached hydrogens (tertiary/aromatic N) is 1. The molecule has 27 heavy (non-hydrogen) atoms. The highest BCUT2D eigenvalue weighted by Crippen LogP contribution is 2.27. The van der Waals surface area contributed by atoms with Crippen LogP contribution >= 0.6 is 0 Å². The molecule has 2 aromatic rings. The van der Waals surface area contributed by atoms with Crippen LogP contribution in [-0.4, -0.2) is 36.7 Å². The number of methoxy groups -OCH3 is 1. The molecular weight excluding hydrogens is 346 g/mol. The van der Waals surface area contributed by atoms with Gasteiger partial charge in [0.1, 0.15) is 5.82 Å². The number of rotatable bonds is 5. The number of hydrogen-bond donors (Lipinski definition) is 4. The van der Waals surface area contributed by atoms with Gasteiger partial charge < -0.3 is 20.5 Å². The van der Waals surface area contributed by atoms with Crippen molar-refractivity contribution >= 4 is 23.4 Å². The summed E-state index contributed by atoms with van der Waals surface area (Å²) in [7, 11) is 1.39. The van der Waals surface area contributed by atoms with Crippen molar-refractivity contribution in [2.24, 2.45) is 0 Å². The molecule has 2 amide bonds. The van der Waals surface area contributed by atoms with Crippen LogP contribution in [0.3, 0.4) is 0 Å². The van der Waals surface area contributed by atoms with Crippen molar-refractivity contribution in [3.05, 3.63) is 53.7 Å². The monoisotopic (exact) mass is 369 g/mol. The molecule has 0 spiro atoms. The Morgan fingerprint density at radius 3 is 2.81 bits per heavy atom. The van der Waals surface area contributed by atoms with Crippen LogP contribution in [0.1, 0.15) is 30.0 Å². The van der Waals surface area contributed by atoms with E-state index in [9.17, 15) is 4.79 Å². The maximum absolute atomic E-state index is 12.5. The summed E-state index contributed by atoms with van der Waals surface area (Å²) in [5.41, 5.74) is 7.56. The fraction of sp³-hybridized carbons (Fsp3) is 0.316. The summed E-state index contributed by atoms with van der Waals surface area (Å²) in [6.45, 7) is 0.697. The molecule has 0 bridgehead atoms. The Labute approximate surface area is 157 Å². The summed E-state index contributed by atoms with van der Waals surface area (Å²) in [5.74, 6) is 0.204. The van der Waals surface area contributed by atoms with Gasteiger partial charge in [0.2, 0.25) is 5.90 Å². The zero-order valence-corrected chi connectivity index (χ0v) is 15.1. The molecule has 3 rings (SSSR count). The third-order valence-corrected chi connectivity index (χ3v) is 4.41. The summed E-state index contributed by atoms with van der Waals surface area (Å²) in [6.07, 6.45) is 3.19. The van der Waals surface area contributed by atoms with Gasteiger partial charge in [-0.15, -0.1) is 0 Å². The molecule has 8 nitrogen and oxygen atoms in total. The number of urea groups is 1. The lowest BCUT2D eigenvalue weighted by Gasteiger charge is -2.24. The molecule has 1 saturated heterocycles. The number of ether oxygens (including phenoxy) is 2. The predicted octanol–water partition coefficient (Wildman–Crippen LogP) is 2.68. The van der Waals surface area contributed by atoms with Crippen molar-refractivity contribution in [3.63, 3.8) is 0 Å². The van der Waals surface area contributed by atoms with Gasteiger partial charge >= 0.3 is 6.03 Å². The number of anilines is 2. The third kappa shape index (κ3) is 4.53. The molecule has 8 heteroatoms. The first-order valence-corrected chi connectivity index (χ1v) is 8.71. The van der Waals surface area contributed by atoms with Gasteiger partial charge in [-0.1, -0.05) is 30.3 Å². The minimum Gasteiger partial charge on any atom is -0.481 e. The van der Waals surface area contributed by atoms with E-state index in [0.29, 0.717) is 17.9 Å². The van der Waals surface area contributed by atoms with Gasteiger partial charge in [-0.3, -0.25) is 10.7 Å². The molecule has 2 heterocycles. The zero-order valence-electron chi connectivity index (χ0n) is 15.1. The van der Waals surface area contributed by atoms with Crippen LogP contribution < -0.4 is 16.4 Å². The second kappa shape index (κ2) is 8.50. The van der Waals surface area contributed by atoms with Crippen LogP contribution in [0.4, 0.5) is 16.3 Å². The standard InChI is InChI=1S/C19H23N5O3/c1-26-18(21)13-11-22-16(10-14(13)20)23-19(25)24-17(15-8-5-9-27-15)12-6-3-2-4-7-12/h2-4,6-7,10-11,15,17,21H,5,8-9H2,1H3,(H4,20,22,23,24,25)/t15-,17+/m1/s1. The van der Waals surface area contributed by atoms with E-state index < -0.39 is 6.03 Å². The second-order valence-electron chi connectivity index (χ2n) is 6.23. The molecule has 0 radical (unpaired) electrons. The van der Waals surface area contributed by atoms with Crippen LogP contribution in [0.5, 0.6) is 0 Å². The quantitative estimate of drug-likeness (QED) is 0.477. The number of carbonyl (C=O) groups excluding carboxylic acids is 1. The Morgan fingerprint density at radius 2 is 2.19 bits per heavy atom. The van der Waals surface area contributed by atoms with Crippen molar-refractivity contribution in [3.8, 4) is 0 Å². The van der Waals surface area contributed by atoms with Crippen molar-refractivity contribution in [1.82, 2.24) is 10.3 Å². The summed E-state index contributed by atoms with van der Waals surface area (Å²) >= 11 is 0. The summed E-state index contributed by atoms with van der Waals surface area (Å²) in [5, 5.41) is 13.3. The van der Waals surface area contributed by atoms with Crippen LogP contribution in [-0.2, 0) is 9.47 Å². The van der Waals surface area contributed by atoms with Crippen molar-refractivity contribution in [2.45, 2.75) is 25.0 Å². The Hall–Kier alpha value is -3.13. The van der Waals surface area contributed by atoms with E-state index in [4.69, 9.17) is 20.6 Å². The average molecular weight is 369 g/mol. The Balaban J connectivity index is 1.71. The SMILES string of the molecule is COC(=N)c1cnc(NC(=O)N[C@@H](c2ccccc2)[C@H]2CCCO2)cc1N. The highest BCUT2D eigenvalue weighted by molar-refractivity contribution is 5.97. The van der Waals surface area contributed by atoms with Crippen LogP contribution in [0.25, 0.3) is 0 Å². The normalized spacial score (nSPS) is 17.1. The fourth-order valence-corrected chi connectivity index (χ4v) is 3.05. The first kappa shape index (κ1) is 18.7. The molecule has 2 atom stereocenters. The topological polar surface area (TPSA) is 122 Å². The highest BCUT2D eigenvalue weighted by Gasteiger charge is 2.28. The molecule has 1 aromatic carbocycles. The van der Waals surface area contributed by atoms with Gasteiger partial charge in [0.05, 0.1) is 24.8 Å². The van der Waals surface area contributed by atoms with E-state index >= 15 is 0 Å². The third-order valence-electron chi connectivity index (χ3n) is 4.41. The Morgan fingerprint density at radius 1 is 1.41 bits per heavy atom. The van der Waals surface area contributed by atoms with E-state index in [1.165, 1.54) is 19.4 Å². The minimum absolute atomic E-state index is 0.0688. The number of nitrogens with one attached hydrogen (secondary N) is 3. The highest BCUT2D eigenvalue weighted by atomic mass is 16.5. The number of amides is 2. The smallest absolute Gasteiger partial charge is 0.320 e. The number of carbonyl (C=O) groups is 1. The molecular formula is C19H23N5O3. The second-order valence-corrected chi connectivity index (χ2v) is 6.23. The van der Waals surface area contributed by atoms with Gasteiger partial charge in [0.15, 0.2) is 0 Å². The minimum atomic E-state index is -0.402. The van der Waals surface area contributed by atoms with Crippen molar-refractivity contribution in [1.29, 1.82) is 5.41 Å². The number of hydrogen-bond acceptors (Lipinski definition) is 6. The lowest BCUT2D eigenvalue weighted by Crippen LogP contribution is -2.38.